The van der Waals surface area contributed by atoms with Gasteiger partial charge < -0.3 is 9.13 Å². The zero-order chi connectivity index (χ0) is 34.1. The maximum atomic E-state index is 13.0. The Bertz CT molecular complexity index is 1880. The van der Waals surface area contributed by atoms with Crippen LogP contribution in [0.5, 0.6) is 0 Å². The van der Waals surface area contributed by atoms with Crippen LogP contribution >= 0.6 is 23.2 Å². The second-order valence-electron chi connectivity index (χ2n) is 14.6. The van der Waals surface area contributed by atoms with Gasteiger partial charge in [-0.3, -0.25) is 29.0 Å². The molecule has 248 valence electrons. The largest absolute Gasteiger partial charge is 0.339 e. The summed E-state index contributed by atoms with van der Waals surface area (Å²) in [5.41, 5.74) is 7.48. The minimum atomic E-state index is -0.119. The van der Waals surface area contributed by atoms with Crippen molar-refractivity contribution in [1.29, 1.82) is 0 Å². The molecular formula is C36H36Cl2N6O4. The first-order chi connectivity index (χ1) is 22.8. The number of halogens is 2. The minimum Gasteiger partial charge on any atom is -0.339 e. The zero-order valence-corrected chi connectivity index (χ0v) is 28.9. The summed E-state index contributed by atoms with van der Waals surface area (Å²) in [5, 5.41) is 0.626. The van der Waals surface area contributed by atoms with Gasteiger partial charge in [0.2, 0.25) is 0 Å². The molecule has 4 aliphatic rings. The van der Waals surface area contributed by atoms with Gasteiger partial charge >= 0.3 is 0 Å². The van der Waals surface area contributed by atoms with Crippen molar-refractivity contribution < 1.29 is 19.2 Å². The van der Waals surface area contributed by atoms with Crippen LogP contribution in [-0.2, 0) is 38.8 Å². The number of amides is 2. The fourth-order valence-corrected chi connectivity index (χ4v) is 8.12. The van der Waals surface area contributed by atoms with Crippen molar-refractivity contribution >= 4 is 59.2 Å². The molecule has 0 unspecified atom stereocenters. The Balaban J connectivity index is 0.000000152. The van der Waals surface area contributed by atoms with E-state index < -0.39 is 0 Å². The van der Waals surface area contributed by atoms with E-state index in [4.69, 9.17) is 23.2 Å². The summed E-state index contributed by atoms with van der Waals surface area (Å²) in [4.78, 5) is 60.2. The lowest BCUT2D eigenvalue weighted by molar-refractivity contribution is 0.0955. The molecule has 0 spiro atoms. The second-order valence-corrected chi connectivity index (χ2v) is 15.4. The Morgan fingerprint density at radius 3 is 1.42 bits per heavy atom. The van der Waals surface area contributed by atoms with Crippen LogP contribution in [0.2, 0.25) is 10.0 Å². The molecule has 0 atom stereocenters. The summed E-state index contributed by atoms with van der Waals surface area (Å²) in [5.74, 6) is 0.448. The van der Waals surface area contributed by atoms with E-state index in [0.717, 1.165) is 25.7 Å². The first-order valence-corrected chi connectivity index (χ1v) is 16.8. The van der Waals surface area contributed by atoms with E-state index in [2.05, 4.69) is 46.8 Å². The summed E-state index contributed by atoms with van der Waals surface area (Å²) in [6, 6.07) is 7.12. The van der Waals surface area contributed by atoms with Crippen LogP contribution in [0.1, 0.15) is 91.9 Å². The molecule has 0 bridgehead atoms. The Morgan fingerprint density at radius 2 is 1.04 bits per heavy atom. The van der Waals surface area contributed by atoms with Gasteiger partial charge in [0.1, 0.15) is 23.0 Å². The van der Waals surface area contributed by atoms with E-state index in [1.54, 1.807) is 21.9 Å². The number of carbonyl (C=O) groups excluding carboxylic acids is 4. The van der Waals surface area contributed by atoms with Crippen LogP contribution in [0, 0.1) is 10.8 Å². The summed E-state index contributed by atoms with van der Waals surface area (Å²) in [7, 11) is 0. The molecular weight excluding hydrogens is 651 g/mol. The number of rotatable bonds is 4. The van der Waals surface area contributed by atoms with Gasteiger partial charge in [0, 0.05) is 50.0 Å². The van der Waals surface area contributed by atoms with Crippen molar-refractivity contribution in [3.05, 3.63) is 91.7 Å². The molecule has 2 aliphatic carbocycles. The maximum Gasteiger partial charge on any atom is 0.276 e. The number of nitrogens with zero attached hydrogens (tertiary/aromatic N) is 6. The number of hydrogen-bond acceptors (Lipinski definition) is 6. The third-order valence-electron chi connectivity index (χ3n) is 9.83. The average Bonchev–Trinajstić information content (AvgIpc) is 3.73. The first kappa shape index (κ1) is 32.3. The quantitative estimate of drug-likeness (QED) is 0.234. The first-order valence-electron chi connectivity index (χ1n) is 16.1. The number of carbonyl (C=O) groups is 4. The van der Waals surface area contributed by atoms with Gasteiger partial charge in [-0.2, -0.15) is 0 Å². The fraction of sp³-hybridized carbons (Fsp3) is 0.389. The van der Waals surface area contributed by atoms with Crippen molar-refractivity contribution in [3.8, 4) is 0 Å². The van der Waals surface area contributed by atoms with E-state index in [1.807, 2.05) is 12.1 Å². The predicted octanol–water partition coefficient (Wildman–Crippen LogP) is 6.27. The molecule has 6 heterocycles. The van der Waals surface area contributed by atoms with Crippen LogP contribution < -0.4 is 9.80 Å². The molecule has 0 saturated carbocycles. The Labute approximate surface area is 288 Å². The smallest absolute Gasteiger partial charge is 0.276 e. The van der Waals surface area contributed by atoms with Crippen LogP contribution in [0.4, 0.5) is 11.6 Å². The number of hydrogen-bond donors (Lipinski definition) is 0. The number of fused-ring (bicyclic) bond motifs is 6. The lowest BCUT2D eigenvalue weighted by Crippen LogP contribution is -2.41. The number of pyridine rings is 2. The SMILES string of the molecule is CC1(C)Cc2cc3n(c2C1)CCN(c1nccc(Cl)c1C=O)C3=O.CC1(C)Cc2cc3n(c2C1)CCN(c1nccc(Cl)c1C=O)C3=O. The predicted molar refractivity (Wildman–Crippen MR) is 184 cm³/mol. The molecule has 0 fully saturated rings. The Hall–Kier alpha value is -4.28. The number of anilines is 2. The average molecular weight is 688 g/mol. The van der Waals surface area contributed by atoms with Crippen LogP contribution in [0.15, 0.2) is 36.7 Å². The lowest BCUT2D eigenvalue weighted by Gasteiger charge is -2.30. The normalized spacial score (nSPS) is 18.5. The minimum absolute atomic E-state index is 0.119. The van der Waals surface area contributed by atoms with Crippen molar-refractivity contribution in [2.45, 2.75) is 66.5 Å². The van der Waals surface area contributed by atoms with Gasteiger partial charge in [-0.15, -0.1) is 0 Å². The topological polar surface area (TPSA) is 110 Å². The van der Waals surface area contributed by atoms with Crippen LogP contribution in [0.25, 0.3) is 0 Å². The van der Waals surface area contributed by atoms with E-state index in [0.29, 0.717) is 71.8 Å². The van der Waals surface area contributed by atoms with E-state index >= 15 is 0 Å². The summed E-state index contributed by atoms with van der Waals surface area (Å²) in [6.07, 6.45) is 8.33. The van der Waals surface area contributed by atoms with Gasteiger partial charge in [0.25, 0.3) is 11.8 Å². The monoisotopic (exact) mass is 686 g/mol. The molecule has 2 amide bonds. The molecule has 48 heavy (non-hydrogen) atoms. The molecule has 4 aromatic rings. The highest BCUT2D eigenvalue weighted by molar-refractivity contribution is 6.34. The van der Waals surface area contributed by atoms with E-state index in [1.165, 1.54) is 34.9 Å². The van der Waals surface area contributed by atoms with Crippen molar-refractivity contribution in [2.75, 3.05) is 22.9 Å². The van der Waals surface area contributed by atoms with Gasteiger partial charge in [0.15, 0.2) is 12.6 Å². The highest BCUT2D eigenvalue weighted by Crippen LogP contribution is 2.41. The Kier molecular flexibility index (Phi) is 7.87. The molecule has 2 aliphatic heterocycles. The standard InChI is InChI=1S/2C18H18ClN3O2/c2*1-18(2)8-11-7-14-17(24)22(6-5-21(14)15(11)9-18)16-12(10-23)13(19)3-4-20-16/h2*3-4,7,10H,5-6,8-9H2,1-2H3. The van der Waals surface area contributed by atoms with E-state index in [9.17, 15) is 19.2 Å². The molecule has 12 heteroatoms. The summed E-state index contributed by atoms with van der Waals surface area (Å²) in [6.45, 7) is 11.4. The zero-order valence-electron chi connectivity index (χ0n) is 27.3. The van der Waals surface area contributed by atoms with Gasteiger partial charge in [-0.25, -0.2) is 9.97 Å². The maximum absolute atomic E-state index is 13.0. The highest BCUT2D eigenvalue weighted by Gasteiger charge is 2.39. The molecule has 10 nitrogen and oxygen atoms in total. The van der Waals surface area contributed by atoms with Crippen molar-refractivity contribution in [3.63, 3.8) is 0 Å². The number of aldehydes is 2. The third kappa shape index (κ3) is 5.35. The van der Waals surface area contributed by atoms with Crippen molar-refractivity contribution in [1.82, 2.24) is 19.1 Å². The van der Waals surface area contributed by atoms with Gasteiger partial charge in [-0.05, 0) is 71.9 Å². The van der Waals surface area contributed by atoms with Crippen LogP contribution in [-0.4, -0.2) is 56.6 Å². The van der Waals surface area contributed by atoms with Crippen LogP contribution in [0.3, 0.4) is 0 Å². The summed E-state index contributed by atoms with van der Waals surface area (Å²) >= 11 is 12.1. The molecule has 0 saturated heterocycles. The highest BCUT2D eigenvalue weighted by atomic mass is 35.5. The third-order valence-corrected chi connectivity index (χ3v) is 10.5. The lowest BCUT2D eigenvalue weighted by atomic mass is 9.90. The van der Waals surface area contributed by atoms with Gasteiger partial charge in [-0.1, -0.05) is 50.9 Å². The summed E-state index contributed by atoms with van der Waals surface area (Å²) < 4.78 is 4.27. The number of aromatic nitrogens is 4. The molecule has 0 radical (unpaired) electrons. The van der Waals surface area contributed by atoms with Crippen molar-refractivity contribution in [2.24, 2.45) is 10.8 Å². The molecule has 4 aromatic heterocycles. The fourth-order valence-electron chi connectivity index (χ4n) is 7.75. The van der Waals surface area contributed by atoms with Gasteiger partial charge in [0.05, 0.1) is 21.2 Å². The molecule has 0 N–H and O–H groups in total. The molecule has 0 aromatic carbocycles. The Morgan fingerprint density at radius 1 is 0.646 bits per heavy atom. The second kappa shape index (κ2) is 11.7. The van der Waals surface area contributed by atoms with E-state index in [-0.39, 0.29) is 33.8 Å². The molecule has 8 rings (SSSR count).